The third-order valence-corrected chi connectivity index (χ3v) is 1.62. The van der Waals surface area contributed by atoms with Crippen LogP contribution in [0, 0.1) is 0 Å². The molecule has 3 heteroatoms. The minimum absolute atomic E-state index is 0.0363. The van der Waals surface area contributed by atoms with Gasteiger partial charge < -0.3 is 9.47 Å². The first-order chi connectivity index (χ1) is 5.33. The van der Waals surface area contributed by atoms with E-state index < -0.39 is 6.16 Å². The maximum Gasteiger partial charge on any atom is 0.508 e. The van der Waals surface area contributed by atoms with E-state index in [0.29, 0.717) is 6.61 Å². The summed E-state index contributed by atoms with van der Waals surface area (Å²) in [6.07, 6.45) is 3.87. The van der Waals surface area contributed by atoms with Gasteiger partial charge in [-0.1, -0.05) is 6.08 Å². The molecule has 0 N–H and O–H groups in total. The molecule has 1 heterocycles. The van der Waals surface area contributed by atoms with Crippen LogP contribution in [0.5, 0.6) is 0 Å². The normalized spacial score (nSPS) is 23.6. The highest BCUT2D eigenvalue weighted by Crippen LogP contribution is 2.13. The second-order valence-corrected chi connectivity index (χ2v) is 2.49. The van der Waals surface area contributed by atoms with Gasteiger partial charge in [-0.3, -0.25) is 0 Å². The lowest BCUT2D eigenvalue weighted by Gasteiger charge is -2.21. The van der Waals surface area contributed by atoms with Gasteiger partial charge in [0, 0.05) is 6.42 Å². The molecule has 1 aliphatic rings. The van der Waals surface area contributed by atoms with E-state index in [1.807, 2.05) is 6.08 Å². The Morgan fingerprint density at radius 3 is 3.18 bits per heavy atom. The Balaban J connectivity index is 2.22. The van der Waals surface area contributed by atoms with Crippen molar-refractivity contribution in [3.8, 4) is 0 Å². The molecule has 0 aromatic carbocycles. The van der Waals surface area contributed by atoms with E-state index in [2.05, 4.69) is 11.3 Å². The molecule has 1 fully saturated rings. The molecule has 1 rings (SSSR count). The number of ether oxygens (including phenoxy) is 2. The topological polar surface area (TPSA) is 35.5 Å². The highest BCUT2D eigenvalue weighted by molar-refractivity contribution is 5.60. The largest absolute Gasteiger partial charge is 0.508 e. The van der Waals surface area contributed by atoms with E-state index in [1.165, 1.54) is 0 Å². The van der Waals surface area contributed by atoms with Gasteiger partial charge in [0.2, 0.25) is 0 Å². The zero-order chi connectivity index (χ0) is 8.10. The van der Waals surface area contributed by atoms with Crippen molar-refractivity contribution in [1.82, 2.24) is 0 Å². The first-order valence-corrected chi connectivity index (χ1v) is 3.77. The summed E-state index contributed by atoms with van der Waals surface area (Å²) in [5.41, 5.74) is 0. The van der Waals surface area contributed by atoms with Crippen molar-refractivity contribution in [3.05, 3.63) is 12.7 Å². The predicted molar refractivity (Wildman–Crippen MR) is 40.3 cm³/mol. The van der Waals surface area contributed by atoms with E-state index in [9.17, 15) is 4.79 Å². The second-order valence-electron chi connectivity index (χ2n) is 2.49. The van der Waals surface area contributed by atoms with Gasteiger partial charge >= 0.3 is 6.16 Å². The molecule has 1 unspecified atom stereocenters. The van der Waals surface area contributed by atoms with Crippen molar-refractivity contribution in [2.24, 2.45) is 0 Å². The number of hydrogen-bond donors (Lipinski definition) is 0. The Morgan fingerprint density at radius 1 is 1.73 bits per heavy atom. The molecule has 0 radical (unpaired) electrons. The maximum atomic E-state index is 10.6. The monoisotopic (exact) mass is 156 g/mol. The van der Waals surface area contributed by atoms with Crippen LogP contribution < -0.4 is 0 Å². The van der Waals surface area contributed by atoms with Crippen LogP contribution in [0.3, 0.4) is 0 Å². The fraction of sp³-hybridized carbons (Fsp3) is 0.625. The SMILES string of the molecule is C=CCCC1CCOC(=O)O1. The summed E-state index contributed by atoms with van der Waals surface area (Å²) < 4.78 is 9.48. The third-order valence-electron chi connectivity index (χ3n) is 1.62. The summed E-state index contributed by atoms with van der Waals surface area (Å²) in [6, 6.07) is 0. The summed E-state index contributed by atoms with van der Waals surface area (Å²) in [5, 5.41) is 0. The average Bonchev–Trinajstić information content (AvgIpc) is 2.01. The average molecular weight is 156 g/mol. The molecule has 1 atom stereocenters. The Kier molecular flexibility index (Phi) is 2.95. The molecule has 0 amide bonds. The zero-order valence-electron chi connectivity index (χ0n) is 6.41. The number of carbonyl (C=O) groups excluding carboxylic acids is 1. The van der Waals surface area contributed by atoms with E-state index in [0.717, 1.165) is 19.3 Å². The van der Waals surface area contributed by atoms with Crippen molar-refractivity contribution in [1.29, 1.82) is 0 Å². The molecule has 0 bridgehead atoms. The minimum atomic E-state index is -0.537. The zero-order valence-corrected chi connectivity index (χ0v) is 6.41. The molecular weight excluding hydrogens is 144 g/mol. The Bertz CT molecular complexity index is 153. The van der Waals surface area contributed by atoms with Crippen molar-refractivity contribution in [2.45, 2.75) is 25.4 Å². The van der Waals surface area contributed by atoms with Crippen LogP contribution >= 0.6 is 0 Å². The predicted octanol–water partition coefficient (Wildman–Crippen LogP) is 1.88. The van der Waals surface area contributed by atoms with E-state index in [-0.39, 0.29) is 6.10 Å². The van der Waals surface area contributed by atoms with Gasteiger partial charge in [0.05, 0.1) is 6.61 Å². The van der Waals surface area contributed by atoms with Crippen molar-refractivity contribution >= 4 is 6.16 Å². The van der Waals surface area contributed by atoms with E-state index in [1.54, 1.807) is 0 Å². The Morgan fingerprint density at radius 2 is 2.55 bits per heavy atom. The van der Waals surface area contributed by atoms with Crippen LogP contribution in [-0.2, 0) is 9.47 Å². The van der Waals surface area contributed by atoms with Crippen molar-refractivity contribution in [3.63, 3.8) is 0 Å². The van der Waals surface area contributed by atoms with Gasteiger partial charge in [0.15, 0.2) is 0 Å². The summed E-state index contributed by atoms with van der Waals surface area (Å²) >= 11 is 0. The van der Waals surface area contributed by atoms with Gasteiger partial charge in [-0.15, -0.1) is 6.58 Å². The molecular formula is C8H12O3. The highest BCUT2D eigenvalue weighted by atomic mass is 16.7. The smallest absolute Gasteiger partial charge is 0.434 e. The summed E-state index contributed by atoms with van der Waals surface area (Å²) in [7, 11) is 0. The summed E-state index contributed by atoms with van der Waals surface area (Å²) in [6.45, 7) is 4.08. The molecule has 0 aromatic rings. The molecule has 1 aliphatic heterocycles. The standard InChI is InChI=1S/C8H12O3/c1-2-3-4-7-5-6-10-8(9)11-7/h2,7H,1,3-6H2. The minimum Gasteiger partial charge on any atom is -0.434 e. The number of rotatable bonds is 3. The van der Waals surface area contributed by atoms with Gasteiger partial charge in [0.1, 0.15) is 6.10 Å². The highest BCUT2D eigenvalue weighted by Gasteiger charge is 2.20. The Labute approximate surface area is 66.0 Å². The maximum absolute atomic E-state index is 10.6. The van der Waals surface area contributed by atoms with Crippen LogP contribution in [0.4, 0.5) is 4.79 Å². The number of cyclic esters (lactones) is 2. The number of hydrogen-bond acceptors (Lipinski definition) is 3. The number of carbonyl (C=O) groups is 1. The fourth-order valence-electron chi connectivity index (χ4n) is 1.01. The first-order valence-electron chi connectivity index (χ1n) is 3.77. The molecule has 0 spiro atoms. The fourth-order valence-corrected chi connectivity index (χ4v) is 1.01. The molecule has 0 aromatic heterocycles. The molecule has 0 saturated carbocycles. The van der Waals surface area contributed by atoms with Crippen LogP contribution in [0.2, 0.25) is 0 Å². The quantitative estimate of drug-likeness (QED) is 0.462. The number of allylic oxidation sites excluding steroid dienone is 1. The first kappa shape index (κ1) is 8.11. The third kappa shape index (κ3) is 2.62. The molecule has 3 nitrogen and oxygen atoms in total. The van der Waals surface area contributed by atoms with Gasteiger partial charge in [-0.05, 0) is 12.8 Å². The molecule has 62 valence electrons. The van der Waals surface area contributed by atoms with E-state index >= 15 is 0 Å². The van der Waals surface area contributed by atoms with Crippen LogP contribution in [0.25, 0.3) is 0 Å². The van der Waals surface area contributed by atoms with Gasteiger partial charge in [-0.25, -0.2) is 4.79 Å². The van der Waals surface area contributed by atoms with Crippen molar-refractivity contribution in [2.75, 3.05) is 6.61 Å². The van der Waals surface area contributed by atoms with Gasteiger partial charge in [0.25, 0.3) is 0 Å². The molecule has 0 aliphatic carbocycles. The van der Waals surface area contributed by atoms with Crippen LogP contribution in [0.15, 0.2) is 12.7 Å². The van der Waals surface area contributed by atoms with Gasteiger partial charge in [-0.2, -0.15) is 0 Å². The molecule has 11 heavy (non-hydrogen) atoms. The summed E-state index contributed by atoms with van der Waals surface area (Å²) in [5.74, 6) is 0. The molecule has 1 saturated heterocycles. The lowest BCUT2D eigenvalue weighted by Crippen LogP contribution is -2.26. The Hall–Kier alpha value is -0.990. The second kappa shape index (κ2) is 4.01. The summed E-state index contributed by atoms with van der Waals surface area (Å²) in [4.78, 5) is 10.6. The lowest BCUT2D eigenvalue weighted by atomic mass is 10.1. The van der Waals surface area contributed by atoms with Crippen molar-refractivity contribution < 1.29 is 14.3 Å². The van der Waals surface area contributed by atoms with E-state index in [4.69, 9.17) is 4.74 Å². The van der Waals surface area contributed by atoms with Crippen LogP contribution in [-0.4, -0.2) is 18.9 Å². The lowest BCUT2D eigenvalue weighted by molar-refractivity contribution is -0.0246. The van der Waals surface area contributed by atoms with Crippen LogP contribution in [0.1, 0.15) is 19.3 Å².